The quantitative estimate of drug-likeness (QED) is 0.652. The summed E-state index contributed by atoms with van der Waals surface area (Å²) in [6.07, 6.45) is 0. The summed E-state index contributed by atoms with van der Waals surface area (Å²) in [5.41, 5.74) is 1.33. The third kappa shape index (κ3) is 3.75. The zero-order valence-electron chi connectivity index (χ0n) is 11.1. The third-order valence-electron chi connectivity index (χ3n) is 3.04. The summed E-state index contributed by atoms with van der Waals surface area (Å²) in [7, 11) is 0. The van der Waals surface area contributed by atoms with E-state index in [0.29, 0.717) is 17.1 Å². The average molecular weight is 395 g/mol. The smallest absolute Gasteiger partial charge is 0.160 e. The van der Waals surface area contributed by atoms with E-state index in [2.05, 4.69) is 21.2 Å². The Balaban J connectivity index is 2.52. The van der Waals surface area contributed by atoms with Gasteiger partial charge < -0.3 is 5.32 Å². The van der Waals surface area contributed by atoms with Crippen LogP contribution in [0.25, 0.3) is 0 Å². The van der Waals surface area contributed by atoms with Crippen LogP contribution in [0, 0.1) is 11.6 Å². The van der Waals surface area contributed by atoms with Crippen LogP contribution in [0.2, 0.25) is 10.0 Å². The van der Waals surface area contributed by atoms with Crippen molar-refractivity contribution in [3.8, 4) is 0 Å². The number of halogens is 5. The molecule has 1 atom stereocenters. The molecule has 112 valence electrons. The molecule has 2 aromatic carbocycles. The van der Waals surface area contributed by atoms with Crippen molar-refractivity contribution in [2.45, 2.75) is 13.0 Å². The Morgan fingerprint density at radius 3 is 2.38 bits per heavy atom. The molecule has 0 saturated heterocycles. The van der Waals surface area contributed by atoms with Crippen LogP contribution in [0.1, 0.15) is 24.1 Å². The lowest BCUT2D eigenvalue weighted by Gasteiger charge is -2.21. The van der Waals surface area contributed by atoms with Crippen molar-refractivity contribution in [1.29, 1.82) is 0 Å². The van der Waals surface area contributed by atoms with Crippen molar-refractivity contribution >= 4 is 39.1 Å². The maximum Gasteiger partial charge on any atom is 0.160 e. The van der Waals surface area contributed by atoms with Crippen LogP contribution < -0.4 is 5.32 Å². The number of nitrogens with one attached hydrogen (secondary N) is 1. The van der Waals surface area contributed by atoms with Gasteiger partial charge in [0.15, 0.2) is 11.6 Å². The number of hydrogen-bond acceptors (Lipinski definition) is 1. The van der Waals surface area contributed by atoms with E-state index in [9.17, 15) is 8.78 Å². The first-order valence-electron chi connectivity index (χ1n) is 6.26. The molecule has 0 bridgehead atoms. The summed E-state index contributed by atoms with van der Waals surface area (Å²) in [5.74, 6) is -1.89. The van der Waals surface area contributed by atoms with E-state index in [1.54, 1.807) is 6.07 Å². The Morgan fingerprint density at radius 1 is 1.10 bits per heavy atom. The van der Waals surface area contributed by atoms with Crippen molar-refractivity contribution < 1.29 is 8.78 Å². The fraction of sp³-hybridized carbons (Fsp3) is 0.200. The van der Waals surface area contributed by atoms with Crippen molar-refractivity contribution in [2.24, 2.45) is 0 Å². The molecule has 1 N–H and O–H groups in total. The molecule has 0 aliphatic rings. The van der Waals surface area contributed by atoms with Crippen LogP contribution in [0.5, 0.6) is 0 Å². The van der Waals surface area contributed by atoms with Crippen LogP contribution in [-0.2, 0) is 0 Å². The molecular weight excluding hydrogens is 383 g/mol. The van der Waals surface area contributed by atoms with Gasteiger partial charge in [0.25, 0.3) is 0 Å². The molecule has 21 heavy (non-hydrogen) atoms. The molecule has 0 fully saturated rings. The lowest BCUT2D eigenvalue weighted by atomic mass is 9.98. The number of rotatable bonds is 4. The van der Waals surface area contributed by atoms with Gasteiger partial charge in [-0.05, 0) is 57.9 Å². The maximum atomic E-state index is 13.5. The van der Waals surface area contributed by atoms with Crippen LogP contribution in [0.3, 0.4) is 0 Å². The van der Waals surface area contributed by atoms with E-state index >= 15 is 0 Å². The van der Waals surface area contributed by atoms with Gasteiger partial charge in [-0.15, -0.1) is 0 Å². The molecule has 1 unspecified atom stereocenters. The summed E-state index contributed by atoms with van der Waals surface area (Å²) in [6, 6.07) is 7.13. The molecule has 0 aliphatic heterocycles. The second kappa shape index (κ2) is 7.05. The molecule has 0 spiro atoms. The van der Waals surface area contributed by atoms with E-state index < -0.39 is 11.6 Å². The Labute approximate surface area is 140 Å². The van der Waals surface area contributed by atoms with Crippen LogP contribution >= 0.6 is 39.1 Å². The minimum Gasteiger partial charge on any atom is -0.306 e. The highest BCUT2D eigenvalue weighted by Crippen LogP contribution is 2.33. The standard InChI is InChI=1S/C15H12BrCl2F2N/c1-2-21-15(8-3-4-11(17)10(16)5-8)9-6-13(19)14(20)7-12(9)18/h3-7,15,21H,2H2,1H3. The van der Waals surface area contributed by atoms with Crippen molar-refractivity contribution in [1.82, 2.24) is 5.32 Å². The van der Waals surface area contributed by atoms with Gasteiger partial charge in [0.2, 0.25) is 0 Å². The van der Waals surface area contributed by atoms with Crippen molar-refractivity contribution in [3.63, 3.8) is 0 Å². The first kappa shape index (κ1) is 16.7. The fourth-order valence-electron chi connectivity index (χ4n) is 2.06. The lowest BCUT2D eigenvalue weighted by molar-refractivity contribution is 0.504. The zero-order valence-corrected chi connectivity index (χ0v) is 14.2. The first-order chi connectivity index (χ1) is 9.93. The minimum absolute atomic E-state index is 0.172. The molecule has 0 aliphatic carbocycles. The minimum atomic E-state index is -0.962. The van der Waals surface area contributed by atoms with Gasteiger partial charge in [-0.3, -0.25) is 0 Å². The van der Waals surface area contributed by atoms with Crippen LogP contribution in [-0.4, -0.2) is 6.54 Å². The van der Waals surface area contributed by atoms with E-state index in [4.69, 9.17) is 23.2 Å². The molecule has 0 radical (unpaired) electrons. The van der Waals surface area contributed by atoms with Gasteiger partial charge in [-0.2, -0.15) is 0 Å². The second-order valence-electron chi connectivity index (χ2n) is 4.45. The SMILES string of the molecule is CCNC(c1ccc(Cl)c(Br)c1)c1cc(F)c(F)cc1Cl. The normalized spacial score (nSPS) is 12.5. The Bertz CT molecular complexity index is 664. The molecule has 0 aromatic heterocycles. The highest BCUT2D eigenvalue weighted by atomic mass is 79.9. The lowest BCUT2D eigenvalue weighted by Crippen LogP contribution is -2.22. The van der Waals surface area contributed by atoms with Gasteiger partial charge in [0.05, 0.1) is 11.1 Å². The first-order valence-corrected chi connectivity index (χ1v) is 7.81. The summed E-state index contributed by atoms with van der Waals surface area (Å²) >= 11 is 15.4. The number of benzene rings is 2. The molecule has 2 rings (SSSR count). The van der Waals surface area contributed by atoms with Crippen molar-refractivity contribution in [2.75, 3.05) is 6.54 Å². The summed E-state index contributed by atoms with van der Waals surface area (Å²) in [5, 5.41) is 3.96. The van der Waals surface area contributed by atoms with Crippen LogP contribution in [0.4, 0.5) is 8.78 Å². The van der Waals surface area contributed by atoms with E-state index in [1.165, 1.54) is 0 Å². The Hall–Kier alpha value is -0.680. The molecule has 0 saturated carbocycles. The van der Waals surface area contributed by atoms with Crippen LogP contribution in [0.15, 0.2) is 34.8 Å². The Morgan fingerprint density at radius 2 is 1.76 bits per heavy atom. The van der Waals surface area contributed by atoms with Gasteiger partial charge in [0.1, 0.15) is 0 Å². The van der Waals surface area contributed by atoms with Gasteiger partial charge >= 0.3 is 0 Å². The predicted octanol–water partition coefficient (Wildman–Crippen LogP) is 5.73. The Kier molecular flexibility index (Phi) is 5.60. The largest absolute Gasteiger partial charge is 0.306 e. The topological polar surface area (TPSA) is 12.0 Å². The predicted molar refractivity (Wildman–Crippen MR) is 86.0 cm³/mol. The highest BCUT2D eigenvalue weighted by Gasteiger charge is 2.19. The molecule has 0 heterocycles. The summed E-state index contributed by atoms with van der Waals surface area (Å²) in [6.45, 7) is 2.56. The zero-order chi connectivity index (χ0) is 15.6. The van der Waals surface area contributed by atoms with Gasteiger partial charge in [-0.1, -0.05) is 36.2 Å². The summed E-state index contributed by atoms with van der Waals surface area (Å²) in [4.78, 5) is 0. The second-order valence-corrected chi connectivity index (χ2v) is 6.12. The van der Waals surface area contributed by atoms with Gasteiger partial charge in [0, 0.05) is 9.50 Å². The van der Waals surface area contributed by atoms with E-state index in [-0.39, 0.29) is 11.1 Å². The monoisotopic (exact) mass is 393 g/mol. The van der Waals surface area contributed by atoms with E-state index in [1.807, 2.05) is 19.1 Å². The molecular formula is C15H12BrCl2F2N. The average Bonchev–Trinajstić information content (AvgIpc) is 2.44. The summed E-state index contributed by atoms with van der Waals surface area (Å²) < 4.78 is 27.5. The molecule has 0 amide bonds. The number of hydrogen-bond donors (Lipinski definition) is 1. The van der Waals surface area contributed by atoms with Crippen molar-refractivity contribution in [3.05, 3.63) is 67.6 Å². The molecule has 1 nitrogen and oxygen atoms in total. The molecule has 6 heteroatoms. The fourth-order valence-corrected chi connectivity index (χ4v) is 2.84. The highest BCUT2D eigenvalue weighted by molar-refractivity contribution is 9.10. The molecule has 2 aromatic rings. The maximum absolute atomic E-state index is 13.5. The van der Waals surface area contributed by atoms with E-state index in [0.717, 1.165) is 22.2 Å². The van der Waals surface area contributed by atoms with Gasteiger partial charge in [-0.25, -0.2) is 8.78 Å². The third-order valence-corrected chi connectivity index (χ3v) is 4.58.